The molecule has 6 nitrogen and oxygen atoms in total. The second-order valence-corrected chi connectivity index (χ2v) is 9.54. The molecule has 1 amide bonds. The molecule has 1 aliphatic rings. The molecule has 2 aromatic carbocycles. The molecule has 1 fully saturated rings. The smallest absolute Gasteiger partial charge is 0.243 e. The number of amides is 1. The van der Waals surface area contributed by atoms with Gasteiger partial charge in [-0.05, 0) is 55.2 Å². The Morgan fingerprint density at radius 3 is 2.45 bits per heavy atom. The number of piperidine rings is 1. The normalized spacial score (nSPS) is 15.1. The van der Waals surface area contributed by atoms with Crippen molar-refractivity contribution in [3.8, 4) is 0 Å². The lowest BCUT2D eigenvalue weighted by Gasteiger charge is -2.26. The van der Waals surface area contributed by atoms with Gasteiger partial charge in [-0.15, -0.1) is 0 Å². The minimum absolute atomic E-state index is 0.0554. The Hall–Kier alpha value is -2.09. The van der Waals surface area contributed by atoms with E-state index in [0.29, 0.717) is 40.8 Å². The number of aryl methyl sites for hydroxylation is 1. The minimum Gasteiger partial charge on any atom is -0.376 e. The van der Waals surface area contributed by atoms with Crippen molar-refractivity contribution >= 4 is 33.2 Å². The van der Waals surface area contributed by atoms with Crippen LogP contribution in [-0.4, -0.2) is 38.3 Å². The van der Waals surface area contributed by atoms with Gasteiger partial charge in [0.2, 0.25) is 15.9 Å². The summed E-state index contributed by atoms with van der Waals surface area (Å²) in [7, 11) is -3.52. The minimum atomic E-state index is -3.52. The van der Waals surface area contributed by atoms with E-state index in [1.807, 2.05) is 12.1 Å². The van der Waals surface area contributed by atoms with Crippen molar-refractivity contribution in [2.75, 3.05) is 25.0 Å². The van der Waals surface area contributed by atoms with Gasteiger partial charge in [0.15, 0.2) is 0 Å². The van der Waals surface area contributed by atoms with Crippen LogP contribution in [0.25, 0.3) is 0 Å². The van der Waals surface area contributed by atoms with Gasteiger partial charge < -0.3 is 10.6 Å². The molecule has 3 rings (SSSR count). The molecule has 0 radical (unpaired) electrons. The first-order chi connectivity index (χ1) is 13.9. The molecule has 0 atom stereocenters. The van der Waals surface area contributed by atoms with Gasteiger partial charge in [-0.25, -0.2) is 8.42 Å². The van der Waals surface area contributed by atoms with Crippen molar-refractivity contribution in [1.29, 1.82) is 0 Å². The zero-order valence-corrected chi connectivity index (χ0v) is 18.0. The molecular weight excluding hydrogens is 410 g/mol. The summed E-state index contributed by atoms with van der Waals surface area (Å²) in [5, 5.41) is 6.49. The number of sulfonamides is 1. The number of nitrogens with zero attached hydrogens (tertiary/aromatic N) is 1. The van der Waals surface area contributed by atoms with Gasteiger partial charge >= 0.3 is 0 Å². The lowest BCUT2D eigenvalue weighted by molar-refractivity contribution is -0.119. The van der Waals surface area contributed by atoms with Crippen LogP contribution in [0.4, 0.5) is 5.69 Å². The fourth-order valence-electron chi connectivity index (χ4n) is 3.28. The van der Waals surface area contributed by atoms with Crippen LogP contribution < -0.4 is 10.6 Å². The molecule has 0 bridgehead atoms. The maximum Gasteiger partial charge on any atom is 0.243 e. The molecule has 1 aliphatic heterocycles. The molecule has 29 heavy (non-hydrogen) atoms. The van der Waals surface area contributed by atoms with Crippen LogP contribution in [0, 0.1) is 6.92 Å². The number of hydrogen-bond acceptors (Lipinski definition) is 4. The topological polar surface area (TPSA) is 78.5 Å². The zero-order valence-electron chi connectivity index (χ0n) is 16.4. The Bertz CT molecular complexity index is 956. The molecule has 0 saturated carbocycles. The van der Waals surface area contributed by atoms with Crippen LogP contribution in [0.3, 0.4) is 0 Å². The van der Waals surface area contributed by atoms with Gasteiger partial charge in [0.25, 0.3) is 0 Å². The highest BCUT2D eigenvalue weighted by Gasteiger charge is 2.27. The van der Waals surface area contributed by atoms with Gasteiger partial charge in [-0.3, -0.25) is 4.79 Å². The Balaban J connectivity index is 1.60. The van der Waals surface area contributed by atoms with Gasteiger partial charge in [-0.2, -0.15) is 4.31 Å². The van der Waals surface area contributed by atoms with E-state index < -0.39 is 10.0 Å². The average molecular weight is 436 g/mol. The molecule has 0 aliphatic carbocycles. The molecule has 0 aromatic heterocycles. The quantitative estimate of drug-likeness (QED) is 0.697. The molecule has 2 N–H and O–H groups in total. The Kier molecular flexibility index (Phi) is 7.16. The number of anilines is 1. The first-order valence-corrected chi connectivity index (χ1v) is 11.5. The van der Waals surface area contributed by atoms with Crippen molar-refractivity contribution in [2.45, 2.75) is 37.6 Å². The van der Waals surface area contributed by atoms with E-state index in [2.05, 4.69) is 10.6 Å². The second-order valence-electron chi connectivity index (χ2n) is 7.20. The van der Waals surface area contributed by atoms with Crippen LogP contribution in [0.15, 0.2) is 47.4 Å². The average Bonchev–Trinajstić information content (AvgIpc) is 2.73. The van der Waals surface area contributed by atoms with Crippen molar-refractivity contribution in [3.63, 3.8) is 0 Å². The molecule has 1 heterocycles. The van der Waals surface area contributed by atoms with E-state index in [1.165, 1.54) is 0 Å². The van der Waals surface area contributed by atoms with Crippen LogP contribution >= 0.6 is 11.6 Å². The fourth-order valence-corrected chi connectivity index (χ4v) is 5.17. The maximum absolute atomic E-state index is 13.0. The van der Waals surface area contributed by atoms with Gasteiger partial charge in [0.1, 0.15) is 0 Å². The monoisotopic (exact) mass is 435 g/mol. The van der Waals surface area contributed by atoms with Gasteiger partial charge in [-0.1, -0.05) is 36.2 Å². The van der Waals surface area contributed by atoms with Crippen molar-refractivity contribution in [2.24, 2.45) is 0 Å². The molecule has 1 saturated heterocycles. The number of benzene rings is 2. The van der Waals surface area contributed by atoms with E-state index in [0.717, 1.165) is 24.8 Å². The summed E-state index contributed by atoms with van der Waals surface area (Å²) < 4.78 is 27.5. The van der Waals surface area contributed by atoms with Crippen LogP contribution in [0.2, 0.25) is 5.02 Å². The zero-order chi connectivity index (χ0) is 20.9. The lowest BCUT2D eigenvalue weighted by atomic mass is 10.2. The lowest BCUT2D eigenvalue weighted by Crippen LogP contribution is -2.36. The molecule has 156 valence electrons. The Morgan fingerprint density at radius 1 is 1.07 bits per heavy atom. The highest BCUT2D eigenvalue weighted by atomic mass is 35.5. The predicted molar refractivity (Wildman–Crippen MR) is 116 cm³/mol. The van der Waals surface area contributed by atoms with E-state index >= 15 is 0 Å². The summed E-state index contributed by atoms with van der Waals surface area (Å²) in [6.45, 7) is 3.37. The molecule has 0 unspecified atom stereocenters. The van der Waals surface area contributed by atoms with Crippen molar-refractivity contribution < 1.29 is 13.2 Å². The summed E-state index contributed by atoms with van der Waals surface area (Å²) in [5.74, 6) is -0.180. The highest BCUT2D eigenvalue weighted by molar-refractivity contribution is 7.89. The largest absolute Gasteiger partial charge is 0.376 e. The summed E-state index contributed by atoms with van der Waals surface area (Å²) in [6.07, 6.45) is 2.85. The summed E-state index contributed by atoms with van der Waals surface area (Å²) >= 11 is 5.85. The molecule has 8 heteroatoms. The standard InChI is InChI=1S/C21H26ClN3O3S/c1-16-5-10-19(13-20(16)29(27,28)25-11-3-2-4-12-25)23-15-21(26)24-14-17-6-8-18(22)9-7-17/h5-10,13,23H,2-4,11-12,14-15H2,1H3,(H,24,26). The third-order valence-corrected chi connectivity index (χ3v) is 7.27. The Labute approximate surface area is 177 Å². The summed E-state index contributed by atoms with van der Waals surface area (Å²) in [6, 6.07) is 12.4. The van der Waals surface area contributed by atoms with E-state index in [1.54, 1.807) is 41.6 Å². The Morgan fingerprint density at radius 2 is 1.76 bits per heavy atom. The maximum atomic E-state index is 13.0. The number of nitrogens with one attached hydrogen (secondary N) is 2. The third kappa shape index (κ3) is 5.72. The highest BCUT2D eigenvalue weighted by Crippen LogP contribution is 2.26. The van der Waals surface area contributed by atoms with Crippen LogP contribution in [0.1, 0.15) is 30.4 Å². The van der Waals surface area contributed by atoms with E-state index in [4.69, 9.17) is 11.6 Å². The fraction of sp³-hybridized carbons (Fsp3) is 0.381. The number of rotatable bonds is 7. The second kappa shape index (κ2) is 9.61. The SMILES string of the molecule is Cc1ccc(NCC(=O)NCc2ccc(Cl)cc2)cc1S(=O)(=O)N1CCCCC1. The number of halogens is 1. The summed E-state index contributed by atoms with van der Waals surface area (Å²) in [5.41, 5.74) is 2.26. The predicted octanol–water partition coefficient (Wildman–Crippen LogP) is 3.55. The van der Waals surface area contributed by atoms with Crippen LogP contribution in [0.5, 0.6) is 0 Å². The first-order valence-electron chi connectivity index (χ1n) is 9.72. The number of carbonyl (C=O) groups is 1. The van der Waals surface area contributed by atoms with Crippen LogP contribution in [-0.2, 0) is 21.4 Å². The van der Waals surface area contributed by atoms with Crippen molar-refractivity contribution in [1.82, 2.24) is 9.62 Å². The van der Waals surface area contributed by atoms with Gasteiger partial charge in [0, 0.05) is 30.3 Å². The number of carbonyl (C=O) groups excluding carboxylic acids is 1. The molecule has 2 aromatic rings. The van der Waals surface area contributed by atoms with E-state index in [9.17, 15) is 13.2 Å². The third-order valence-electron chi connectivity index (χ3n) is 4.98. The van der Waals surface area contributed by atoms with E-state index in [-0.39, 0.29) is 12.5 Å². The first kappa shape index (κ1) is 21.6. The number of hydrogen-bond donors (Lipinski definition) is 2. The van der Waals surface area contributed by atoms with Gasteiger partial charge in [0.05, 0.1) is 11.4 Å². The summed E-state index contributed by atoms with van der Waals surface area (Å²) in [4.78, 5) is 12.4. The molecular formula is C21H26ClN3O3S. The molecule has 0 spiro atoms. The van der Waals surface area contributed by atoms with Crippen molar-refractivity contribution in [3.05, 3.63) is 58.6 Å².